The van der Waals surface area contributed by atoms with Gasteiger partial charge in [0.15, 0.2) is 0 Å². The van der Waals surface area contributed by atoms with Gasteiger partial charge < -0.3 is 10.2 Å². The first-order valence-corrected chi connectivity index (χ1v) is 8.12. The van der Waals surface area contributed by atoms with Gasteiger partial charge in [-0.3, -0.25) is 0 Å². The van der Waals surface area contributed by atoms with Crippen LogP contribution in [0.15, 0.2) is 12.4 Å². The Hall–Kier alpha value is -1.16. The van der Waals surface area contributed by atoms with Gasteiger partial charge in [-0.05, 0) is 32.2 Å². The molecule has 0 aromatic carbocycles. The van der Waals surface area contributed by atoms with Gasteiger partial charge in [0, 0.05) is 30.9 Å². The number of aryl methyl sites for hydroxylation is 1. The van der Waals surface area contributed by atoms with Crippen LogP contribution in [0.4, 0.5) is 5.82 Å². The van der Waals surface area contributed by atoms with Crippen molar-refractivity contribution in [2.24, 2.45) is 0 Å². The van der Waals surface area contributed by atoms with Crippen molar-refractivity contribution in [2.75, 3.05) is 24.5 Å². The number of nitrogens with zero attached hydrogens (tertiary/aromatic N) is 3. The monoisotopic (exact) mass is 276 g/mol. The van der Waals surface area contributed by atoms with E-state index in [4.69, 9.17) is 0 Å². The predicted molar refractivity (Wildman–Crippen MR) is 84.2 cm³/mol. The molecule has 2 heterocycles. The zero-order valence-corrected chi connectivity index (χ0v) is 12.9. The van der Waals surface area contributed by atoms with Crippen molar-refractivity contribution in [3.63, 3.8) is 0 Å². The van der Waals surface area contributed by atoms with Crippen LogP contribution in [0.25, 0.3) is 0 Å². The van der Waals surface area contributed by atoms with Gasteiger partial charge in [0.1, 0.15) is 12.1 Å². The summed E-state index contributed by atoms with van der Waals surface area (Å²) < 4.78 is 0. The van der Waals surface area contributed by atoms with Crippen molar-refractivity contribution < 1.29 is 0 Å². The van der Waals surface area contributed by atoms with Crippen molar-refractivity contribution in [1.82, 2.24) is 15.3 Å². The Kier molecular flexibility index (Phi) is 6.25. The third-order valence-corrected chi connectivity index (χ3v) is 3.92. The number of anilines is 1. The van der Waals surface area contributed by atoms with Gasteiger partial charge in [-0.15, -0.1) is 0 Å². The average molecular weight is 276 g/mol. The lowest BCUT2D eigenvalue weighted by atomic mass is 10.2. The highest BCUT2D eigenvalue weighted by Gasteiger charge is 2.18. The molecule has 0 saturated carbocycles. The van der Waals surface area contributed by atoms with Crippen molar-refractivity contribution in [3.05, 3.63) is 18.1 Å². The molecule has 4 heteroatoms. The van der Waals surface area contributed by atoms with Gasteiger partial charge in [0.25, 0.3) is 0 Å². The molecule has 112 valence electrons. The molecule has 1 unspecified atom stereocenters. The fourth-order valence-corrected chi connectivity index (χ4v) is 2.78. The summed E-state index contributed by atoms with van der Waals surface area (Å²) in [6, 6.07) is 2.80. The second-order valence-electron chi connectivity index (χ2n) is 5.71. The van der Waals surface area contributed by atoms with Gasteiger partial charge in [0.2, 0.25) is 0 Å². The van der Waals surface area contributed by atoms with Gasteiger partial charge in [-0.1, -0.05) is 26.7 Å². The number of rotatable bonds is 8. The standard InChI is InChI=1S/C16H28N4/c1-3-5-10-20(12-15-8-6-9-17-15)16-11-14(7-4-2)18-13-19-16/h11,13,15,17H,3-10,12H2,1-2H3. The molecule has 1 saturated heterocycles. The minimum Gasteiger partial charge on any atom is -0.355 e. The highest BCUT2D eigenvalue weighted by molar-refractivity contribution is 5.39. The maximum absolute atomic E-state index is 4.50. The topological polar surface area (TPSA) is 41.0 Å². The second-order valence-corrected chi connectivity index (χ2v) is 5.71. The fraction of sp³-hybridized carbons (Fsp3) is 0.750. The lowest BCUT2D eigenvalue weighted by Gasteiger charge is -2.27. The largest absolute Gasteiger partial charge is 0.355 e. The number of unbranched alkanes of at least 4 members (excludes halogenated alkanes) is 1. The first-order chi connectivity index (χ1) is 9.83. The Balaban J connectivity index is 2.05. The molecule has 0 spiro atoms. The van der Waals surface area contributed by atoms with Crippen LogP contribution < -0.4 is 10.2 Å². The molecule has 0 radical (unpaired) electrons. The van der Waals surface area contributed by atoms with Crippen LogP contribution in [0.3, 0.4) is 0 Å². The number of aromatic nitrogens is 2. The molecular weight excluding hydrogens is 248 g/mol. The summed E-state index contributed by atoms with van der Waals surface area (Å²) >= 11 is 0. The summed E-state index contributed by atoms with van der Waals surface area (Å²) in [5, 5.41) is 3.59. The summed E-state index contributed by atoms with van der Waals surface area (Å²) in [6.07, 6.45) is 8.93. The van der Waals surface area contributed by atoms with Crippen molar-refractivity contribution in [3.8, 4) is 0 Å². The molecule has 1 fully saturated rings. The van der Waals surface area contributed by atoms with Crippen LogP contribution >= 0.6 is 0 Å². The minimum atomic E-state index is 0.622. The first kappa shape index (κ1) is 15.2. The van der Waals surface area contributed by atoms with Crippen LogP contribution in [0.2, 0.25) is 0 Å². The molecule has 0 amide bonds. The highest BCUT2D eigenvalue weighted by Crippen LogP contribution is 2.16. The van der Waals surface area contributed by atoms with Crippen molar-refractivity contribution >= 4 is 5.82 Å². The van der Waals surface area contributed by atoms with E-state index in [9.17, 15) is 0 Å². The summed E-state index contributed by atoms with van der Waals surface area (Å²) in [4.78, 5) is 11.3. The third kappa shape index (κ3) is 4.44. The molecule has 0 aliphatic carbocycles. The van der Waals surface area contributed by atoms with Gasteiger partial charge >= 0.3 is 0 Å². The smallest absolute Gasteiger partial charge is 0.132 e. The number of nitrogens with one attached hydrogen (secondary N) is 1. The van der Waals surface area contributed by atoms with E-state index in [-0.39, 0.29) is 0 Å². The summed E-state index contributed by atoms with van der Waals surface area (Å²) in [7, 11) is 0. The Morgan fingerprint density at radius 2 is 2.20 bits per heavy atom. The Morgan fingerprint density at radius 1 is 1.30 bits per heavy atom. The molecule has 2 rings (SSSR count). The Bertz CT molecular complexity index is 388. The van der Waals surface area contributed by atoms with Gasteiger partial charge in [-0.25, -0.2) is 9.97 Å². The lowest BCUT2D eigenvalue weighted by Crippen LogP contribution is -2.38. The fourth-order valence-electron chi connectivity index (χ4n) is 2.78. The SMILES string of the molecule is CCCCN(CC1CCCN1)c1cc(CCC)ncn1. The van der Waals surface area contributed by atoms with E-state index in [1.165, 1.54) is 31.4 Å². The van der Waals surface area contributed by atoms with Crippen molar-refractivity contribution in [1.29, 1.82) is 0 Å². The van der Waals surface area contributed by atoms with E-state index in [2.05, 4.69) is 40.1 Å². The molecule has 1 aromatic rings. The maximum Gasteiger partial charge on any atom is 0.132 e. The van der Waals surface area contributed by atoms with E-state index >= 15 is 0 Å². The molecule has 0 bridgehead atoms. The lowest BCUT2D eigenvalue weighted by molar-refractivity contribution is 0.568. The molecule has 1 N–H and O–H groups in total. The first-order valence-electron chi connectivity index (χ1n) is 8.12. The molecule has 20 heavy (non-hydrogen) atoms. The summed E-state index contributed by atoms with van der Waals surface area (Å²) in [5.74, 6) is 1.10. The molecule has 1 aliphatic rings. The van der Waals surface area contributed by atoms with Crippen LogP contribution in [0, 0.1) is 0 Å². The zero-order valence-electron chi connectivity index (χ0n) is 12.9. The maximum atomic E-state index is 4.50. The van der Waals surface area contributed by atoms with Crippen LogP contribution in [0.5, 0.6) is 0 Å². The van der Waals surface area contributed by atoms with Crippen molar-refractivity contribution in [2.45, 2.75) is 58.4 Å². The van der Waals surface area contributed by atoms with E-state index in [0.29, 0.717) is 6.04 Å². The van der Waals surface area contributed by atoms with Gasteiger partial charge in [0.05, 0.1) is 0 Å². The Labute approximate surface area is 123 Å². The minimum absolute atomic E-state index is 0.622. The second kappa shape index (κ2) is 8.20. The van der Waals surface area contributed by atoms with Crippen LogP contribution in [0.1, 0.15) is 51.6 Å². The summed E-state index contributed by atoms with van der Waals surface area (Å²) in [5.41, 5.74) is 1.17. The third-order valence-electron chi connectivity index (χ3n) is 3.92. The molecule has 4 nitrogen and oxygen atoms in total. The Morgan fingerprint density at radius 3 is 2.90 bits per heavy atom. The molecule has 1 aliphatic heterocycles. The summed E-state index contributed by atoms with van der Waals surface area (Å²) in [6.45, 7) is 7.77. The highest BCUT2D eigenvalue weighted by atomic mass is 15.2. The van der Waals surface area contributed by atoms with E-state index in [1.807, 2.05) is 0 Å². The van der Waals surface area contributed by atoms with E-state index in [0.717, 1.165) is 38.3 Å². The van der Waals surface area contributed by atoms with Crippen LogP contribution in [-0.2, 0) is 6.42 Å². The zero-order chi connectivity index (χ0) is 14.2. The molecule has 1 atom stereocenters. The van der Waals surface area contributed by atoms with Crippen LogP contribution in [-0.4, -0.2) is 35.6 Å². The quantitative estimate of drug-likeness (QED) is 0.792. The predicted octanol–water partition coefficient (Wildman–Crippen LogP) is 2.79. The van der Waals surface area contributed by atoms with E-state index in [1.54, 1.807) is 6.33 Å². The van der Waals surface area contributed by atoms with Gasteiger partial charge in [-0.2, -0.15) is 0 Å². The van der Waals surface area contributed by atoms with E-state index < -0.39 is 0 Å². The molecule has 1 aromatic heterocycles. The average Bonchev–Trinajstić information content (AvgIpc) is 2.97. The molecular formula is C16H28N4. The number of hydrogen-bond acceptors (Lipinski definition) is 4. The normalized spacial score (nSPS) is 18.4. The number of hydrogen-bond donors (Lipinski definition) is 1.